The molecule has 412 valence electrons. The van der Waals surface area contributed by atoms with Crippen LogP contribution in [0.2, 0.25) is 0 Å². The maximum Gasteiger partial charge on any atom is 0.243 e. The third kappa shape index (κ3) is 12.9. The minimum absolute atomic E-state index is 0.0466. The fraction of sp³-hybridized carbons (Fsp3) is 0.534. The van der Waals surface area contributed by atoms with Crippen LogP contribution in [0.3, 0.4) is 0 Å². The van der Waals surface area contributed by atoms with E-state index in [-0.39, 0.29) is 41.0 Å². The molecule has 10 rings (SSSR count). The Kier molecular flexibility index (Phi) is 17.4. The van der Waals surface area contributed by atoms with Crippen LogP contribution in [-0.2, 0) is 9.59 Å². The number of phenols is 1. The Morgan fingerprint density at radius 1 is 0.909 bits per heavy atom. The normalized spacial score (nSPS) is 22.2. The number of benzene rings is 2. The molecule has 5 atom stereocenters. The van der Waals surface area contributed by atoms with Gasteiger partial charge in [-0.25, -0.2) is 9.37 Å². The number of nitrogens with one attached hydrogen (secondary N) is 1. The Bertz CT molecular complexity index is 2780. The number of hydrogen-bond acceptors (Lipinski definition) is 16. The second-order valence-corrected chi connectivity index (χ2v) is 22.2. The molecule has 5 aliphatic heterocycles. The first-order valence-corrected chi connectivity index (χ1v) is 27.7. The number of likely N-dealkylation sites (tertiary alicyclic amines) is 3. The van der Waals surface area contributed by atoms with E-state index in [1.54, 1.807) is 48.2 Å². The summed E-state index contributed by atoms with van der Waals surface area (Å²) in [6, 6.07) is 18.7. The molecular weight excluding hydrogens is 980 g/mol. The smallest absolute Gasteiger partial charge is 0.243 e. The number of para-hydroxylation sites is 1. The number of nitrogens with two attached hydrogens (primary N) is 3. The molecule has 9 N–H and O–H groups in total. The molecule has 2 bridgehead atoms. The number of aliphatic hydroxyl groups is 1. The lowest BCUT2D eigenvalue weighted by molar-refractivity contribution is -0.141. The predicted octanol–water partition coefficient (Wildman–Crippen LogP) is 6.42. The Hall–Kier alpha value is -7.04. The van der Waals surface area contributed by atoms with Crippen molar-refractivity contribution in [3.05, 3.63) is 113 Å². The summed E-state index contributed by atoms with van der Waals surface area (Å²) in [5, 5.41) is 36.2. The molecule has 2 aromatic heterocycles. The van der Waals surface area contributed by atoms with Crippen molar-refractivity contribution in [1.29, 1.82) is 5.26 Å². The largest absolute Gasteiger partial charge is 0.507 e. The molecule has 2 aromatic carbocycles. The summed E-state index contributed by atoms with van der Waals surface area (Å²) in [7, 11) is 0. The van der Waals surface area contributed by atoms with Crippen molar-refractivity contribution in [3.8, 4) is 17.7 Å². The number of ether oxygens (including phenoxy) is 1. The van der Waals surface area contributed by atoms with E-state index in [9.17, 15) is 24.2 Å². The molecule has 4 aromatic rings. The Morgan fingerprint density at radius 3 is 2.29 bits per heavy atom. The van der Waals surface area contributed by atoms with Crippen molar-refractivity contribution in [2.45, 2.75) is 134 Å². The molecule has 2 amide bonds. The predicted molar refractivity (Wildman–Crippen MR) is 292 cm³/mol. The number of pyridine rings is 1. The van der Waals surface area contributed by atoms with E-state index in [0.29, 0.717) is 77.7 Å². The van der Waals surface area contributed by atoms with Crippen molar-refractivity contribution >= 4 is 29.0 Å². The van der Waals surface area contributed by atoms with Crippen molar-refractivity contribution < 1.29 is 33.5 Å². The molecule has 0 radical (unpaired) electrons. The van der Waals surface area contributed by atoms with Gasteiger partial charge in [-0.3, -0.25) is 9.59 Å². The van der Waals surface area contributed by atoms with Crippen LogP contribution in [0.4, 0.5) is 15.9 Å². The van der Waals surface area contributed by atoms with Crippen LogP contribution in [0, 0.1) is 29.0 Å². The fourth-order valence-electron chi connectivity index (χ4n) is 12.0. The number of piperazine rings is 1. The number of hydrogen-bond donors (Lipinski definition) is 6. The van der Waals surface area contributed by atoms with Crippen LogP contribution in [-0.4, -0.2) is 130 Å². The van der Waals surface area contributed by atoms with Gasteiger partial charge >= 0.3 is 0 Å². The Balaban J connectivity index is 0.000000195. The molecule has 6 aliphatic rings. The number of aromatic nitrogens is 2. The third-order valence-electron chi connectivity index (χ3n) is 16.6. The lowest BCUT2D eigenvalue weighted by Gasteiger charge is -2.44. The summed E-state index contributed by atoms with van der Waals surface area (Å²) in [6.07, 6.45) is 14.5. The van der Waals surface area contributed by atoms with E-state index in [1.165, 1.54) is 18.6 Å². The van der Waals surface area contributed by atoms with Gasteiger partial charge in [-0.15, -0.1) is 0 Å². The van der Waals surface area contributed by atoms with Gasteiger partial charge in [-0.2, -0.15) is 5.26 Å². The molecule has 0 spiro atoms. The number of amides is 2. The number of fused-ring (bicyclic) bond motifs is 2. The van der Waals surface area contributed by atoms with Crippen LogP contribution in [0.15, 0.2) is 89.0 Å². The van der Waals surface area contributed by atoms with E-state index < -0.39 is 23.8 Å². The van der Waals surface area contributed by atoms with Crippen LogP contribution in [0.1, 0.15) is 126 Å². The van der Waals surface area contributed by atoms with Gasteiger partial charge in [-0.05, 0) is 131 Å². The average molecular weight is 1060 g/mol. The van der Waals surface area contributed by atoms with Gasteiger partial charge in [-0.1, -0.05) is 37.2 Å². The van der Waals surface area contributed by atoms with Gasteiger partial charge in [0.2, 0.25) is 17.7 Å². The minimum atomic E-state index is -0.627. The van der Waals surface area contributed by atoms with Gasteiger partial charge in [0.25, 0.3) is 0 Å². The number of allylic oxidation sites excluding steroid dienone is 1. The van der Waals surface area contributed by atoms with Gasteiger partial charge in [0, 0.05) is 99.7 Å². The molecule has 6 fully saturated rings. The van der Waals surface area contributed by atoms with Crippen LogP contribution in [0.25, 0.3) is 5.70 Å². The van der Waals surface area contributed by atoms with E-state index >= 15 is 0 Å². The zero-order valence-electron chi connectivity index (χ0n) is 44.8. The second-order valence-electron chi connectivity index (χ2n) is 22.2. The lowest BCUT2D eigenvalue weighted by Crippen LogP contribution is -2.53. The molecule has 1 saturated carbocycles. The summed E-state index contributed by atoms with van der Waals surface area (Å²) >= 11 is 0. The van der Waals surface area contributed by atoms with Gasteiger partial charge in [0.05, 0.1) is 23.4 Å². The zero-order chi connectivity index (χ0) is 54.3. The summed E-state index contributed by atoms with van der Waals surface area (Å²) in [5.74, 6) is 1.25. The molecule has 1 aliphatic carbocycles. The van der Waals surface area contributed by atoms with Crippen LogP contribution in [0.5, 0.6) is 11.6 Å². The Morgan fingerprint density at radius 2 is 1.64 bits per heavy atom. The Labute approximate surface area is 451 Å². The van der Waals surface area contributed by atoms with Gasteiger partial charge in [0.15, 0.2) is 11.6 Å². The van der Waals surface area contributed by atoms with E-state index in [4.69, 9.17) is 31.7 Å². The van der Waals surface area contributed by atoms with Gasteiger partial charge in [0.1, 0.15) is 41.5 Å². The van der Waals surface area contributed by atoms with Crippen molar-refractivity contribution in [2.24, 2.45) is 29.0 Å². The number of anilines is 2. The number of phenolic OH excluding ortho intramolecular Hbond substituents is 1. The number of aromatic hydroxyl groups is 1. The highest BCUT2D eigenvalue weighted by atomic mass is 19.1. The lowest BCUT2D eigenvalue weighted by atomic mass is 9.91. The number of carbonyl (C=O) groups excluding carboxylic acids is 2. The summed E-state index contributed by atoms with van der Waals surface area (Å²) in [6.45, 7) is 12.5. The molecule has 5 saturated heterocycles. The van der Waals surface area contributed by atoms with Crippen LogP contribution < -0.4 is 37.1 Å². The first kappa shape index (κ1) is 54.7. The van der Waals surface area contributed by atoms with E-state index in [1.807, 2.05) is 32.2 Å². The number of rotatable bonds is 15. The molecule has 77 heavy (non-hydrogen) atoms. The number of piperidine rings is 2. The van der Waals surface area contributed by atoms with Crippen molar-refractivity contribution in [2.75, 3.05) is 62.2 Å². The monoisotopic (exact) mass is 1060 g/mol. The summed E-state index contributed by atoms with van der Waals surface area (Å²) < 4.78 is 26.0. The topological polar surface area (TPSA) is 253 Å². The maximum atomic E-state index is 14.2. The minimum Gasteiger partial charge on any atom is -0.507 e. The van der Waals surface area contributed by atoms with Crippen molar-refractivity contribution in [3.63, 3.8) is 0 Å². The molecule has 18 nitrogen and oxygen atoms in total. The number of nitriles is 1. The van der Waals surface area contributed by atoms with Gasteiger partial charge < -0.3 is 66.5 Å². The molecular formula is C58H77FN12O6. The first-order valence-electron chi connectivity index (χ1n) is 27.7. The number of aliphatic hydroxyl groups excluding tert-OH is 1. The SMILES string of the molecule is CC(NC(=O)C1CCCN1C(=O)C(c1cc(N2CCC(CN3CCC(O)CC3)CC2)no1)C(C)C)c1ccc(C#N)c(F)c1.NC(N)=C(/C=C(\N)c1ccccc1O)N1CC2CCC(C1)N2c1ccnc(OC2CCC2)c1. The number of halogens is 1. The summed E-state index contributed by atoms with van der Waals surface area (Å²) in [4.78, 5) is 42.8. The standard InChI is InChI=1S/C33H45FN6O4.C25H32N6O2/c1-21(2)31(29-18-30(37-44-29)39-15-8-23(9-16-39)20-38-13-10-26(41)11-14-38)33(43)40-12-4-5-28(40)32(42)36-22(3)24-6-7-25(19-35)27(34)17-24;26-21(20-6-1-2-7-23(20)32)13-22(25(27)28)30-14-17-8-9-18(15-30)31(17)16-10-11-29-24(12-16)33-19-4-3-5-19/h6-7,17-18,21-23,26,28,31,41H,4-5,8-16,20H2,1-3H3,(H,36,42);1-2,6-7,10-13,17-19,32H,3-5,8-9,14-15,26-28H2/b;21-13-. The summed E-state index contributed by atoms with van der Waals surface area (Å²) in [5.41, 5.74) is 21.8. The average Bonchev–Trinajstić information content (AvgIpc) is 4.18. The van der Waals surface area contributed by atoms with Crippen LogP contribution >= 0.6 is 0 Å². The van der Waals surface area contributed by atoms with E-state index in [2.05, 4.69) is 47.2 Å². The number of nitrogens with zero attached hydrogens (tertiary/aromatic N) is 8. The van der Waals surface area contributed by atoms with E-state index in [0.717, 1.165) is 109 Å². The molecule has 5 unspecified atom stereocenters. The highest BCUT2D eigenvalue weighted by Gasteiger charge is 2.43. The molecule has 19 heteroatoms. The highest BCUT2D eigenvalue weighted by Crippen LogP contribution is 2.39. The number of carbonyl (C=O) groups is 2. The second kappa shape index (κ2) is 24.5. The highest BCUT2D eigenvalue weighted by molar-refractivity contribution is 5.91. The molecule has 7 heterocycles. The quantitative estimate of drug-likeness (QED) is 0.0702. The van der Waals surface area contributed by atoms with Crippen molar-refractivity contribution in [1.82, 2.24) is 30.2 Å². The fourth-order valence-corrected chi connectivity index (χ4v) is 12.0. The maximum absolute atomic E-state index is 14.2. The third-order valence-corrected chi connectivity index (χ3v) is 16.6. The zero-order valence-corrected chi connectivity index (χ0v) is 44.8. The first-order chi connectivity index (χ1) is 37.1.